The van der Waals surface area contributed by atoms with Gasteiger partial charge in [0.2, 0.25) is 12.6 Å². The molecule has 4 rings (SSSR count). The Labute approximate surface area is 223 Å². The normalized spacial score (nSPS) is 36.1. The maximum Gasteiger partial charge on any atom is 0.334 e. The number of rotatable bonds is 8. The van der Waals surface area contributed by atoms with Crippen molar-refractivity contribution in [1.82, 2.24) is 0 Å². The van der Waals surface area contributed by atoms with E-state index in [1.165, 1.54) is 31.4 Å². The second-order valence-electron chi connectivity index (χ2n) is 9.74. The number of aliphatic hydroxyl groups is 4. The van der Waals surface area contributed by atoms with Crippen LogP contribution < -0.4 is 4.74 Å². The minimum absolute atomic E-state index is 0.0181. The number of aliphatic hydroxyl groups excluding tert-OH is 4. The standard InChI is InChI=1S/C26H32O13/c1-11-16(29)8-13-14(24(33)34)10-36-25(20(11)13)39-26-23(22(32)21(31)18(9-27)37-26)38-19(30)6-4-12-3-5-15(28)17(7-12)35-2/h3-7,10-11,13,16,18,20-23,25-29,31-32H,8-9H2,1-2H3,(H,33,34)/b6-4+/t11-,13+,16-,18+,20+,21+,22-,23+,25-,26-/m0/s1. The molecule has 1 saturated heterocycles. The zero-order valence-corrected chi connectivity index (χ0v) is 21.2. The Morgan fingerprint density at radius 3 is 2.56 bits per heavy atom. The molecule has 0 spiro atoms. The summed E-state index contributed by atoms with van der Waals surface area (Å²) in [4.78, 5) is 24.4. The maximum atomic E-state index is 12.7. The van der Waals surface area contributed by atoms with E-state index in [-0.39, 0.29) is 23.5 Å². The summed E-state index contributed by atoms with van der Waals surface area (Å²) in [5.74, 6) is -3.66. The van der Waals surface area contributed by atoms with Gasteiger partial charge in [-0.15, -0.1) is 0 Å². The van der Waals surface area contributed by atoms with Crippen LogP contribution in [0.3, 0.4) is 0 Å². The van der Waals surface area contributed by atoms with E-state index in [0.29, 0.717) is 5.56 Å². The molecule has 1 saturated carbocycles. The van der Waals surface area contributed by atoms with Crippen molar-refractivity contribution in [3.8, 4) is 11.5 Å². The first kappa shape index (κ1) is 28.8. The van der Waals surface area contributed by atoms with E-state index in [0.717, 1.165) is 12.3 Å². The molecule has 1 aliphatic carbocycles. The first-order chi connectivity index (χ1) is 18.5. The van der Waals surface area contributed by atoms with Crippen molar-refractivity contribution in [3.63, 3.8) is 0 Å². The van der Waals surface area contributed by atoms with E-state index in [1.807, 2.05) is 0 Å². The Morgan fingerprint density at radius 2 is 1.90 bits per heavy atom. The molecule has 2 fully saturated rings. The van der Waals surface area contributed by atoms with Gasteiger partial charge in [0.15, 0.2) is 17.6 Å². The van der Waals surface area contributed by atoms with Gasteiger partial charge in [-0.25, -0.2) is 9.59 Å². The SMILES string of the molecule is COc1cc(/C=C/C(=O)O[C@H]2[C@H](O[C@@H]3OC=C(C(=O)O)[C@H]4C[C@H](O)[C@H](C)[C@@H]34)O[C@H](CO)[C@@H](O)[C@@H]2O)ccc1O. The predicted octanol–water partition coefficient (Wildman–Crippen LogP) is -0.261. The zero-order valence-electron chi connectivity index (χ0n) is 21.2. The van der Waals surface area contributed by atoms with Gasteiger partial charge in [-0.1, -0.05) is 13.0 Å². The molecule has 214 valence electrons. The van der Waals surface area contributed by atoms with Gasteiger partial charge in [0.05, 0.1) is 31.7 Å². The van der Waals surface area contributed by atoms with Gasteiger partial charge < -0.3 is 54.3 Å². The number of carboxylic acids is 1. The van der Waals surface area contributed by atoms with Gasteiger partial charge >= 0.3 is 11.9 Å². The van der Waals surface area contributed by atoms with E-state index in [4.69, 9.17) is 23.7 Å². The third-order valence-corrected chi connectivity index (χ3v) is 7.42. The molecule has 1 aromatic carbocycles. The van der Waals surface area contributed by atoms with Crippen molar-refractivity contribution in [2.24, 2.45) is 17.8 Å². The summed E-state index contributed by atoms with van der Waals surface area (Å²) in [6.45, 7) is 1.04. The number of carbonyl (C=O) groups is 2. The molecule has 0 unspecified atom stereocenters. The highest BCUT2D eigenvalue weighted by molar-refractivity contribution is 5.87. The molecule has 2 heterocycles. The topological polar surface area (TPSA) is 202 Å². The maximum absolute atomic E-state index is 12.7. The number of fused-ring (bicyclic) bond motifs is 1. The monoisotopic (exact) mass is 552 g/mol. The number of esters is 1. The fourth-order valence-electron chi connectivity index (χ4n) is 5.24. The molecular formula is C26H32O13. The van der Waals surface area contributed by atoms with Crippen LogP contribution in [0.5, 0.6) is 11.5 Å². The smallest absolute Gasteiger partial charge is 0.334 e. The summed E-state index contributed by atoms with van der Waals surface area (Å²) in [7, 11) is 1.37. The number of aliphatic carboxylic acids is 1. The van der Waals surface area contributed by atoms with Crippen molar-refractivity contribution in [1.29, 1.82) is 0 Å². The lowest BCUT2D eigenvalue weighted by Gasteiger charge is -2.44. The van der Waals surface area contributed by atoms with Crippen LogP contribution in [0.2, 0.25) is 0 Å². The number of hydrogen-bond acceptors (Lipinski definition) is 12. The summed E-state index contributed by atoms with van der Waals surface area (Å²) >= 11 is 0. The molecule has 0 aromatic heterocycles. The van der Waals surface area contributed by atoms with Gasteiger partial charge in [0.25, 0.3) is 0 Å². The Balaban J connectivity index is 1.54. The second-order valence-corrected chi connectivity index (χ2v) is 9.74. The van der Waals surface area contributed by atoms with Crippen LogP contribution >= 0.6 is 0 Å². The van der Waals surface area contributed by atoms with Crippen molar-refractivity contribution >= 4 is 18.0 Å². The fraction of sp³-hybridized carbons (Fsp3) is 0.538. The lowest BCUT2D eigenvalue weighted by molar-refractivity contribution is -0.343. The predicted molar refractivity (Wildman–Crippen MR) is 130 cm³/mol. The molecule has 13 heteroatoms. The number of phenolic OH excluding ortho intramolecular Hbond substituents is 1. The molecule has 10 atom stereocenters. The molecule has 0 amide bonds. The van der Waals surface area contributed by atoms with Gasteiger partial charge in [0.1, 0.15) is 18.3 Å². The highest BCUT2D eigenvalue weighted by atomic mass is 16.8. The lowest BCUT2D eigenvalue weighted by atomic mass is 9.83. The Kier molecular flexibility index (Phi) is 8.79. The third-order valence-electron chi connectivity index (χ3n) is 7.42. The highest BCUT2D eigenvalue weighted by Crippen LogP contribution is 2.47. The van der Waals surface area contributed by atoms with Crippen molar-refractivity contribution in [3.05, 3.63) is 41.7 Å². The van der Waals surface area contributed by atoms with E-state index < -0.39 is 79.4 Å². The van der Waals surface area contributed by atoms with Gasteiger partial charge in [-0.3, -0.25) is 0 Å². The van der Waals surface area contributed by atoms with Gasteiger partial charge in [-0.2, -0.15) is 0 Å². The molecule has 1 aromatic rings. The number of carboxylic acid groups (broad SMARTS) is 1. The summed E-state index contributed by atoms with van der Waals surface area (Å²) < 4.78 is 27.5. The fourth-order valence-corrected chi connectivity index (χ4v) is 5.24. The Hall–Kier alpha value is -3.20. The largest absolute Gasteiger partial charge is 0.504 e. The molecule has 39 heavy (non-hydrogen) atoms. The first-order valence-corrected chi connectivity index (χ1v) is 12.4. The van der Waals surface area contributed by atoms with E-state index in [9.17, 15) is 40.2 Å². The van der Waals surface area contributed by atoms with Crippen molar-refractivity contribution in [2.45, 2.75) is 56.4 Å². The number of methoxy groups -OCH3 is 1. The Morgan fingerprint density at radius 1 is 1.15 bits per heavy atom. The van der Waals surface area contributed by atoms with E-state index >= 15 is 0 Å². The van der Waals surface area contributed by atoms with Crippen LogP contribution in [0.15, 0.2) is 36.1 Å². The molecule has 3 aliphatic rings. The number of phenols is 1. The number of ether oxygens (including phenoxy) is 5. The average molecular weight is 553 g/mol. The lowest BCUT2D eigenvalue weighted by Crippen LogP contribution is -2.61. The number of aromatic hydroxyl groups is 1. The third kappa shape index (κ3) is 5.88. The zero-order chi connectivity index (χ0) is 28.4. The van der Waals surface area contributed by atoms with Crippen LogP contribution in [0.25, 0.3) is 6.08 Å². The van der Waals surface area contributed by atoms with Crippen molar-refractivity contribution in [2.75, 3.05) is 13.7 Å². The molecule has 6 N–H and O–H groups in total. The van der Waals surface area contributed by atoms with Crippen LogP contribution in [0.4, 0.5) is 0 Å². The van der Waals surface area contributed by atoms with E-state index in [2.05, 4.69) is 0 Å². The van der Waals surface area contributed by atoms with Crippen molar-refractivity contribution < 1.29 is 63.9 Å². The summed E-state index contributed by atoms with van der Waals surface area (Å²) in [6, 6.07) is 4.38. The van der Waals surface area contributed by atoms with Crippen LogP contribution in [-0.2, 0) is 28.5 Å². The van der Waals surface area contributed by atoms with Crippen LogP contribution in [0.1, 0.15) is 18.9 Å². The van der Waals surface area contributed by atoms with E-state index in [1.54, 1.807) is 6.92 Å². The Bertz CT molecular complexity index is 1120. The number of carbonyl (C=O) groups excluding carboxylic acids is 1. The first-order valence-electron chi connectivity index (χ1n) is 12.4. The second kappa shape index (κ2) is 11.9. The van der Waals surface area contributed by atoms with Crippen LogP contribution in [-0.4, -0.2) is 99.4 Å². The molecule has 0 bridgehead atoms. The minimum atomic E-state index is -1.72. The number of benzene rings is 1. The number of hydrogen-bond donors (Lipinski definition) is 6. The minimum Gasteiger partial charge on any atom is -0.504 e. The van der Waals surface area contributed by atoms with Gasteiger partial charge in [-0.05, 0) is 36.1 Å². The van der Waals surface area contributed by atoms with Crippen LogP contribution in [0, 0.1) is 17.8 Å². The average Bonchev–Trinajstić information content (AvgIpc) is 3.21. The molecule has 0 radical (unpaired) electrons. The highest BCUT2D eigenvalue weighted by Gasteiger charge is 2.54. The quantitative estimate of drug-likeness (QED) is 0.182. The summed E-state index contributed by atoms with van der Waals surface area (Å²) in [5, 5.41) is 60.4. The molecule has 13 nitrogen and oxygen atoms in total. The summed E-state index contributed by atoms with van der Waals surface area (Å²) in [5.41, 5.74) is 0.474. The molecule has 2 aliphatic heterocycles. The molecular weight excluding hydrogens is 520 g/mol. The van der Waals surface area contributed by atoms with Gasteiger partial charge in [0, 0.05) is 17.9 Å². The summed E-state index contributed by atoms with van der Waals surface area (Å²) in [6.07, 6.45) is -6.07.